The van der Waals surface area contributed by atoms with Gasteiger partial charge in [-0.25, -0.2) is 5.01 Å². The van der Waals surface area contributed by atoms with Crippen molar-refractivity contribution in [3.63, 3.8) is 0 Å². The van der Waals surface area contributed by atoms with Crippen LogP contribution in [0, 0.1) is 5.92 Å². The smallest absolute Gasteiger partial charge is 0.267 e. The molecule has 18 heavy (non-hydrogen) atoms. The third-order valence-corrected chi connectivity index (χ3v) is 3.02. The zero-order valence-electron chi connectivity index (χ0n) is 11.7. The summed E-state index contributed by atoms with van der Waals surface area (Å²) in [5.74, 6) is 0.449. The minimum atomic E-state index is -0.148. The molecule has 0 aromatic heterocycles. The quantitative estimate of drug-likeness (QED) is 0.807. The molecule has 0 saturated heterocycles. The number of carbonyl (C=O) groups excluding carboxylic acids is 2. The topological polar surface area (TPSA) is 61.8 Å². The maximum absolute atomic E-state index is 11.9. The van der Waals surface area contributed by atoms with Gasteiger partial charge in [-0.1, -0.05) is 13.8 Å². The lowest BCUT2D eigenvalue weighted by Crippen LogP contribution is -2.41. The molecule has 0 saturated carbocycles. The second kappa shape index (κ2) is 6.52. The summed E-state index contributed by atoms with van der Waals surface area (Å²) in [5.41, 5.74) is 0.452. The Morgan fingerprint density at radius 2 is 2.00 bits per heavy atom. The first-order chi connectivity index (χ1) is 8.40. The van der Waals surface area contributed by atoms with Gasteiger partial charge < -0.3 is 5.32 Å². The van der Waals surface area contributed by atoms with Gasteiger partial charge in [0.2, 0.25) is 5.91 Å². The Labute approximate surface area is 109 Å². The highest BCUT2D eigenvalue weighted by atomic mass is 16.2. The van der Waals surface area contributed by atoms with Gasteiger partial charge in [0.1, 0.15) is 5.71 Å². The number of carbonyl (C=O) groups is 2. The molecule has 1 aliphatic rings. The molecule has 5 heteroatoms. The predicted octanol–water partition coefficient (Wildman–Crippen LogP) is 1.54. The molecule has 0 radical (unpaired) electrons. The third-order valence-electron chi connectivity index (χ3n) is 3.02. The van der Waals surface area contributed by atoms with Crippen molar-refractivity contribution in [3.05, 3.63) is 0 Å². The summed E-state index contributed by atoms with van der Waals surface area (Å²) in [6.07, 6.45) is 2.85. The standard InChI is InChI=1S/C13H23N3O2/c1-9(2)5-6-10(3)14-13(18)11-7-8-12(17)16(4)15-11/h9-10H,5-8H2,1-4H3,(H,14,18). The van der Waals surface area contributed by atoms with Crippen molar-refractivity contribution >= 4 is 17.5 Å². The van der Waals surface area contributed by atoms with Gasteiger partial charge in [0, 0.05) is 25.9 Å². The largest absolute Gasteiger partial charge is 0.348 e. The van der Waals surface area contributed by atoms with Crippen LogP contribution in [0.3, 0.4) is 0 Å². The normalized spacial score (nSPS) is 17.7. The molecule has 0 fully saturated rings. The second-order valence-electron chi connectivity index (χ2n) is 5.31. The lowest BCUT2D eigenvalue weighted by atomic mass is 10.0. The molecule has 0 bridgehead atoms. The number of hydrogen-bond acceptors (Lipinski definition) is 3. The summed E-state index contributed by atoms with van der Waals surface area (Å²) in [4.78, 5) is 23.2. The van der Waals surface area contributed by atoms with Gasteiger partial charge in [-0.15, -0.1) is 0 Å². The summed E-state index contributed by atoms with van der Waals surface area (Å²) >= 11 is 0. The first-order valence-electron chi connectivity index (χ1n) is 6.55. The van der Waals surface area contributed by atoms with E-state index in [1.54, 1.807) is 7.05 Å². The van der Waals surface area contributed by atoms with E-state index in [9.17, 15) is 9.59 Å². The van der Waals surface area contributed by atoms with Crippen molar-refractivity contribution in [2.45, 2.75) is 52.5 Å². The molecule has 102 valence electrons. The monoisotopic (exact) mass is 253 g/mol. The SMILES string of the molecule is CC(C)CCC(C)NC(=O)C1=NN(C)C(=O)CC1. The molecular formula is C13H23N3O2. The summed E-state index contributed by atoms with van der Waals surface area (Å²) in [5, 5.41) is 8.18. The number of hydrogen-bond donors (Lipinski definition) is 1. The molecule has 1 rings (SSSR count). The van der Waals surface area contributed by atoms with Crippen molar-refractivity contribution in [2.24, 2.45) is 11.0 Å². The highest BCUT2D eigenvalue weighted by Crippen LogP contribution is 2.09. The van der Waals surface area contributed by atoms with Crippen LogP contribution in [0.5, 0.6) is 0 Å². The summed E-state index contributed by atoms with van der Waals surface area (Å²) in [6.45, 7) is 6.33. The molecule has 0 aromatic carbocycles. The first kappa shape index (κ1) is 14.7. The van der Waals surface area contributed by atoms with Crippen molar-refractivity contribution in [3.8, 4) is 0 Å². The Bertz CT molecular complexity index is 350. The highest BCUT2D eigenvalue weighted by Gasteiger charge is 2.22. The van der Waals surface area contributed by atoms with E-state index in [0.29, 0.717) is 24.5 Å². The van der Waals surface area contributed by atoms with Crippen molar-refractivity contribution in [1.29, 1.82) is 0 Å². The van der Waals surface area contributed by atoms with Gasteiger partial charge in [-0.2, -0.15) is 5.10 Å². The van der Waals surface area contributed by atoms with Crippen molar-refractivity contribution in [2.75, 3.05) is 7.05 Å². The average molecular weight is 253 g/mol. The van der Waals surface area contributed by atoms with E-state index in [0.717, 1.165) is 12.8 Å². The molecule has 1 aliphatic heterocycles. The minimum Gasteiger partial charge on any atom is -0.348 e. The fourth-order valence-electron chi connectivity index (χ4n) is 1.80. The van der Waals surface area contributed by atoms with Gasteiger partial charge in [-0.3, -0.25) is 9.59 Å². The number of nitrogens with one attached hydrogen (secondary N) is 1. The lowest BCUT2D eigenvalue weighted by Gasteiger charge is -2.21. The molecule has 1 N–H and O–H groups in total. The van der Waals surface area contributed by atoms with E-state index in [-0.39, 0.29) is 17.9 Å². The van der Waals surface area contributed by atoms with Crippen LogP contribution in [-0.2, 0) is 9.59 Å². The fraction of sp³-hybridized carbons (Fsp3) is 0.769. The van der Waals surface area contributed by atoms with Crippen molar-refractivity contribution in [1.82, 2.24) is 10.3 Å². The maximum Gasteiger partial charge on any atom is 0.267 e. The Balaban J connectivity index is 2.45. The molecule has 2 amide bonds. The summed E-state index contributed by atoms with van der Waals surface area (Å²) in [6, 6.07) is 0.144. The van der Waals surface area contributed by atoms with Gasteiger partial charge in [0.25, 0.3) is 5.91 Å². The molecule has 1 atom stereocenters. The molecular weight excluding hydrogens is 230 g/mol. The van der Waals surface area contributed by atoms with Crippen LogP contribution in [0.4, 0.5) is 0 Å². The predicted molar refractivity (Wildman–Crippen MR) is 71.1 cm³/mol. The summed E-state index contributed by atoms with van der Waals surface area (Å²) < 4.78 is 0. The molecule has 1 unspecified atom stereocenters. The minimum absolute atomic E-state index is 0.0422. The van der Waals surface area contributed by atoms with Gasteiger partial charge in [0.15, 0.2) is 0 Å². The van der Waals surface area contributed by atoms with Gasteiger partial charge in [-0.05, 0) is 25.7 Å². The zero-order chi connectivity index (χ0) is 13.7. The molecule has 0 aliphatic carbocycles. The van der Waals surface area contributed by atoms with Crippen LogP contribution in [-0.4, -0.2) is 35.6 Å². The zero-order valence-corrected chi connectivity index (χ0v) is 11.7. The van der Waals surface area contributed by atoms with Crippen LogP contribution >= 0.6 is 0 Å². The third kappa shape index (κ3) is 4.47. The van der Waals surface area contributed by atoms with E-state index < -0.39 is 0 Å². The van der Waals surface area contributed by atoms with Crippen molar-refractivity contribution < 1.29 is 9.59 Å². The van der Waals surface area contributed by atoms with E-state index in [2.05, 4.69) is 24.3 Å². The van der Waals surface area contributed by atoms with Crippen LogP contribution in [0.15, 0.2) is 5.10 Å². The number of rotatable bonds is 5. The van der Waals surface area contributed by atoms with Gasteiger partial charge in [0.05, 0.1) is 0 Å². The lowest BCUT2D eigenvalue weighted by molar-refractivity contribution is -0.130. The molecule has 1 heterocycles. The van der Waals surface area contributed by atoms with E-state index >= 15 is 0 Å². The number of nitrogens with zero attached hydrogens (tertiary/aromatic N) is 2. The Morgan fingerprint density at radius 3 is 2.56 bits per heavy atom. The van der Waals surface area contributed by atoms with Gasteiger partial charge >= 0.3 is 0 Å². The fourth-order valence-corrected chi connectivity index (χ4v) is 1.80. The maximum atomic E-state index is 11.9. The van der Waals surface area contributed by atoms with Crippen LogP contribution < -0.4 is 5.32 Å². The molecule has 0 aromatic rings. The Morgan fingerprint density at radius 1 is 1.33 bits per heavy atom. The van der Waals surface area contributed by atoms with Crippen LogP contribution in [0.2, 0.25) is 0 Å². The second-order valence-corrected chi connectivity index (χ2v) is 5.31. The Kier molecular flexibility index (Phi) is 5.31. The van der Waals surface area contributed by atoms with E-state index in [1.807, 2.05) is 6.92 Å². The Hall–Kier alpha value is -1.39. The van der Waals surface area contributed by atoms with Crippen LogP contribution in [0.1, 0.15) is 46.5 Å². The molecule has 0 spiro atoms. The number of amides is 2. The highest BCUT2D eigenvalue weighted by molar-refractivity contribution is 6.39. The van der Waals surface area contributed by atoms with E-state index in [4.69, 9.17) is 0 Å². The van der Waals surface area contributed by atoms with E-state index in [1.165, 1.54) is 5.01 Å². The number of hydrazone groups is 1. The first-order valence-corrected chi connectivity index (χ1v) is 6.55. The molecule has 5 nitrogen and oxygen atoms in total. The van der Waals surface area contributed by atoms with Crippen LogP contribution in [0.25, 0.3) is 0 Å². The average Bonchev–Trinajstić information content (AvgIpc) is 2.30. The summed E-state index contributed by atoms with van der Waals surface area (Å²) in [7, 11) is 1.58.